The number of aryl methyl sites for hydroxylation is 2. The highest BCUT2D eigenvalue weighted by Gasteiger charge is 2.30. The number of hydrogen-bond donors (Lipinski definition) is 0. The molecule has 4 aromatic rings. The largest absolute Gasteiger partial charge is 0.299 e. The summed E-state index contributed by atoms with van der Waals surface area (Å²) in [5, 5.41) is 14.8. The zero-order chi connectivity index (χ0) is 21.5. The quantitative estimate of drug-likeness (QED) is 0.461. The van der Waals surface area contributed by atoms with Crippen LogP contribution >= 0.6 is 11.3 Å². The highest BCUT2D eigenvalue weighted by molar-refractivity contribution is 7.18. The minimum Gasteiger partial charge on any atom is -0.299 e. The Kier molecular flexibility index (Phi) is 4.83. The van der Waals surface area contributed by atoms with Gasteiger partial charge in [-0.1, -0.05) is 17.4 Å². The van der Waals surface area contributed by atoms with Crippen LogP contribution in [0.2, 0.25) is 0 Å². The fourth-order valence-electron chi connectivity index (χ4n) is 4.01. The Labute approximate surface area is 183 Å². The van der Waals surface area contributed by atoms with Crippen molar-refractivity contribution in [1.82, 2.24) is 24.7 Å². The van der Waals surface area contributed by atoms with Crippen molar-refractivity contribution in [3.8, 4) is 11.8 Å². The molecule has 31 heavy (non-hydrogen) atoms. The topological polar surface area (TPSA) is 97.4 Å². The van der Waals surface area contributed by atoms with E-state index in [9.17, 15) is 10.1 Å². The molecular formula is C23H20N6OS. The average molecular weight is 429 g/mol. The number of benzene rings is 1. The van der Waals surface area contributed by atoms with Gasteiger partial charge in [0.05, 0.1) is 16.3 Å². The van der Waals surface area contributed by atoms with Gasteiger partial charge in [0, 0.05) is 19.0 Å². The van der Waals surface area contributed by atoms with Gasteiger partial charge in [-0.05, 0) is 61.4 Å². The maximum absolute atomic E-state index is 12.9. The van der Waals surface area contributed by atoms with Crippen LogP contribution in [0.1, 0.15) is 51.8 Å². The van der Waals surface area contributed by atoms with Gasteiger partial charge in [0.15, 0.2) is 0 Å². The monoisotopic (exact) mass is 428 g/mol. The standard InChI is InChI=1S/C23H20N6OS/c1-13-26-12-27-29(13)20-6-3-15(7-17(20)10-24)8-19(30)9-18-11-25-23-22(28-14(2)31-23)21(18)16-4-5-16/h3,6-7,11-12,16H,4-5,8-9H2,1-2H3. The Morgan fingerprint density at radius 3 is 2.81 bits per heavy atom. The van der Waals surface area contributed by atoms with Crippen LogP contribution in [-0.2, 0) is 17.6 Å². The molecule has 0 unspecified atom stereocenters. The summed E-state index contributed by atoms with van der Waals surface area (Å²) in [6.07, 6.45) is 6.20. The molecule has 0 saturated heterocycles. The summed E-state index contributed by atoms with van der Waals surface area (Å²) in [5.74, 6) is 1.29. The number of nitriles is 1. The first-order chi connectivity index (χ1) is 15.0. The number of carbonyl (C=O) groups excluding carboxylic acids is 1. The van der Waals surface area contributed by atoms with Crippen molar-refractivity contribution in [3.63, 3.8) is 0 Å². The van der Waals surface area contributed by atoms with E-state index in [1.165, 1.54) is 11.9 Å². The lowest BCUT2D eigenvalue weighted by Crippen LogP contribution is -2.10. The molecular weight excluding hydrogens is 408 g/mol. The van der Waals surface area contributed by atoms with Crippen molar-refractivity contribution in [1.29, 1.82) is 5.26 Å². The lowest BCUT2D eigenvalue weighted by atomic mass is 9.97. The van der Waals surface area contributed by atoms with Crippen LogP contribution in [0.15, 0.2) is 30.7 Å². The second kappa shape index (κ2) is 7.67. The molecule has 1 aromatic carbocycles. The first-order valence-electron chi connectivity index (χ1n) is 10.2. The van der Waals surface area contributed by atoms with E-state index in [-0.39, 0.29) is 12.2 Å². The van der Waals surface area contributed by atoms with Crippen LogP contribution in [0.5, 0.6) is 0 Å². The molecule has 5 rings (SSSR count). The predicted molar refractivity (Wildman–Crippen MR) is 117 cm³/mol. The van der Waals surface area contributed by atoms with Crippen molar-refractivity contribution in [2.75, 3.05) is 0 Å². The van der Waals surface area contributed by atoms with Crippen molar-refractivity contribution in [2.45, 2.75) is 45.4 Å². The van der Waals surface area contributed by atoms with Crippen LogP contribution in [0.3, 0.4) is 0 Å². The summed E-state index contributed by atoms with van der Waals surface area (Å²) in [6, 6.07) is 7.68. The molecule has 8 heteroatoms. The molecule has 0 amide bonds. The zero-order valence-electron chi connectivity index (χ0n) is 17.3. The van der Waals surface area contributed by atoms with Crippen molar-refractivity contribution >= 4 is 27.5 Å². The average Bonchev–Trinajstić information content (AvgIpc) is 3.38. The Hall–Kier alpha value is -3.44. The van der Waals surface area contributed by atoms with Crippen LogP contribution in [0, 0.1) is 25.2 Å². The summed E-state index contributed by atoms with van der Waals surface area (Å²) < 4.78 is 1.63. The summed E-state index contributed by atoms with van der Waals surface area (Å²) in [4.78, 5) is 27.2. The Balaban J connectivity index is 1.40. The fraction of sp³-hybridized carbons (Fsp3) is 0.304. The number of hydrogen-bond acceptors (Lipinski definition) is 7. The third kappa shape index (κ3) is 3.73. The molecule has 0 radical (unpaired) electrons. The third-order valence-electron chi connectivity index (χ3n) is 5.56. The molecule has 0 bridgehead atoms. The van der Waals surface area contributed by atoms with Crippen molar-refractivity contribution in [3.05, 3.63) is 63.8 Å². The number of Topliss-reactive ketones (excluding diaryl/α,β-unsaturated/α-hetero) is 1. The third-order valence-corrected chi connectivity index (χ3v) is 6.44. The SMILES string of the molecule is Cc1nc2c(C3CC3)c(CC(=O)Cc3ccc(-n4ncnc4C)c(C#N)c3)cnc2s1. The van der Waals surface area contributed by atoms with Gasteiger partial charge < -0.3 is 0 Å². The number of fused-ring (bicyclic) bond motifs is 1. The number of thiazole rings is 1. The van der Waals surface area contributed by atoms with Gasteiger partial charge in [-0.2, -0.15) is 10.4 Å². The van der Waals surface area contributed by atoms with Gasteiger partial charge in [0.25, 0.3) is 0 Å². The van der Waals surface area contributed by atoms with E-state index >= 15 is 0 Å². The fourth-order valence-corrected chi connectivity index (χ4v) is 4.79. The smallest absolute Gasteiger partial charge is 0.143 e. The minimum absolute atomic E-state index is 0.101. The van der Waals surface area contributed by atoms with Crippen LogP contribution in [0.25, 0.3) is 16.0 Å². The molecule has 154 valence electrons. The normalized spacial score (nSPS) is 13.5. The van der Waals surface area contributed by atoms with E-state index in [2.05, 4.69) is 26.1 Å². The Bertz CT molecular complexity index is 1360. The molecule has 1 aliphatic rings. The van der Waals surface area contributed by atoms with E-state index in [1.807, 2.05) is 32.2 Å². The maximum Gasteiger partial charge on any atom is 0.143 e. The minimum atomic E-state index is 0.101. The first-order valence-corrected chi connectivity index (χ1v) is 11.0. The second-order valence-corrected chi connectivity index (χ2v) is 9.11. The number of ketones is 1. The Morgan fingerprint density at radius 1 is 1.26 bits per heavy atom. The van der Waals surface area contributed by atoms with E-state index in [4.69, 9.17) is 0 Å². The second-order valence-electron chi connectivity index (χ2n) is 7.93. The number of nitrogens with zero attached hydrogens (tertiary/aromatic N) is 6. The van der Waals surface area contributed by atoms with Gasteiger partial charge in [-0.3, -0.25) is 4.79 Å². The zero-order valence-corrected chi connectivity index (χ0v) is 18.1. The molecule has 1 aliphatic carbocycles. The summed E-state index contributed by atoms with van der Waals surface area (Å²) >= 11 is 1.60. The summed E-state index contributed by atoms with van der Waals surface area (Å²) in [5.41, 5.74) is 5.11. The summed E-state index contributed by atoms with van der Waals surface area (Å²) in [7, 11) is 0. The highest BCUT2D eigenvalue weighted by Crippen LogP contribution is 2.45. The molecule has 0 spiro atoms. The molecule has 0 atom stereocenters. The van der Waals surface area contributed by atoms with E-state index in [0.29, 0.717) is 29.4 Å². The predicted octanol–water partition coefficient (Wildman–Crippen LogP) is 3.99. The number of rotatable bonds is 6. The number of aromatic nitrogens is 5. The lowest BCUT2D eigenvalue weighted by molar-refractivity contribution is -0.117. The van der Waals surface area contributed by atoms with Gasteiger partial charge in [0.2, 0.25) is 0 Å². The number of pyridine rings is 1. The van der Waals surface area contributed by atoms with Gasteiger partial charge in [-0.25, -0.2) is 19.6 Å². The molecule has 1 saturated carbocycles. The first kappa shape index (κ1) is 19.5. The molecule has 0 aliphatic heterocycles. The van der Waals surface area contributed by atoms with Crippen LogP contribution in [0.4, 0.5) is 0 Å². The lowest BCUT2D eigenvalue weighted by Gasteiger charge is -2.10. The molecule has 1 fully saturated rings. The highest BCUT2D eigenvalue weighted by atomic mass is 32.1. The van der Waals surface area contributed by atoms with Crippen molar-refractivity contribution < 1.29 is 4.79 Å². The van der Waals surface area contributed by atoms with Gasteiger partial charge in [-0.15, -0.1) is 0 Å². The molecule has 3 heterocycles. The van der Waals surface area contributed by atoms with Crippen LogP contribution < -0.4 is 0 Å². The Morgan fingerprint density at radius 2 is 2.10 bits per heavy atom. The van der Waals surface area contributed by atoms with Gasteiger partial charge in [0.1, 0.15) is 34.4 Å². The van der Waals surface area contributed by atoms with E-state index < -0.39 is 0 Å². The summed E-state index contributed by atoms with van der Waals surface area (Å²) in [6.45, 7) is 3.82. The molecule has 0 N–H and O–H groups in total. The molecule has 7 nitrogen and oxygen atoms in total. The molecule has 3 aromatic heterocycles. The van der Waals surface area contributed by atoms with E-state index in [0.717, 1.165) is 39.3 Å². The van der Waals surface area contributed by atoms with E-state index in [1.54, 1.807) is 22.1 Å². The van der Waals surface area contributed by atoms with Crippen LogP contribution in [-0.4, -0.2) is 30.5 Å². The van der Waals surface area contributed by atoms with Crippen molar-refractivity contribution in [2.24, 2.45) is 0 Å². The number of carbonyl (C=O) groups is 1. The maximum atomic E-state index is 12.9. The van der Waals surface area contributed by atoms with Gasteiger partial charge >= 0.3 is 0 Å².